The van der Waals surface area contributed by atoms with Crippen molar-refractivity contribution in [2.45, 2.75) is 26.8 Å². The van der Waals surface area contributed by atoms with Crippen molar-refractivity contribution in [2.75, 3.05) is 20.3 Å². The van der Waals surface area contributed by atoms with Crippen LogP contribution in [-0.4, -0.2) is 36.1 Å². The predicted octanol–water partition coefficient (Wildman–Crippen LogP) is 5.41. The number of amides is 1. The van der Waals surface area contributed by atoms with Crippen LogP contribution in [0.1, 0.15) is 35.6 Å². The first-order valence-corrected chi connectivity index (χ1v) is 10.4. The SMILES string of the molecule is CCCOc1c(Cl)cc(C(=O)N(C)Cc2nc3ccccc3s2)cc1OCC. The number of halogens is 1. The van der Waals surface area contributed by atoms with E-state index in [-0.39, 0.29) is 5.91 Å². The average molecular weight is 419 g/mol. The maximum absolute atomic E-state index is 12.9. The second-order valence-electron chi connectivity index (χ2n) is 6.30. The summed E-state index contributed by atoms with van der Waals surface area (Å²) in [6.45, 7) is 5.31. The summed E-state index contributed by atoms with van der Waals surface area (Å²) >= 11 is 7.97. The van der Waals surface area contributed by atoms with Crippen molar-refractivity contribution in [2.24, 2.45) is 0 Å². The van der Waals surface area contributed by atoms with Crippen LogP contribution < -0.4 is 9.47 Å². The van der Waals surface area contributed by atoms with Gasteiger partial charge in [-0.1, -0.05) is 30.7 Å². The van der Waals surface area contributed by atoms with Crippen LogP contribution in [0.3, 0.4) is 0 Å². The number of thiazole rings is 1. The molecule has 7 heteroatoms. The Balaban J connectivity index is 1.81. The maximum Gasteiger partial charge on any atom is 0.254 e. The highest BCUT2D eigenvalue weighted by molar-refractivity contribution is 7.18. The molecule has 0 saturated carbocycles. The van der Waals surface area contributed by atoms with Gasteiger partial charge in [0.25, 0.3) is 5.91 Å². The Morgan fingerprint density at radius 1 is 1.21 bits per heavy atom. The van der Waals surface area contributed by atoms with Crippen LogP contribution in [0, 0.1) is 0 Å². The molecule has 0 aliphatic heterocycles. The topological polar surface area (TPSA) is 51.7 Å². The van der Waals surface area contributed by atoms with Crippen LogP contribution in [-0.2, 0) is 6.54 Å². The molecule has 0 bridgehead atoms. The van der Waals surface area contributed by atoms with Gasteiger partial charge in [-0.2, -0.15) is 0 Å². The molecular formula is C21H23ClN2O3S. The molecular weight excluding hydrogens is 396 g/mol. The number of benzene rings is 2. The molecule has 28 heavy (non-hydrogen) atoms. The van der Waals surface area contributed by atoms with E-state index in [1.54, 1.807) is 35.4 Å². The lowest BCUT2D eigenvalue weighted by Crippen LogP contribution is -2.26. The zero-order valence-corrected chi connectivity index (χ0v) is 17.8. The molecule has 148 valence electrons. The number of nitrogens with zero attached hydrogens (tertiary/aromatic N) is 2. The summed E-state index contributed by atoms with van der Waals surface area (Å²) in [6.07, 6.45) is 0.855. The number of carbonyl (C=O) groups is 1. The van der Waals surface area contributed by atoms with Crippen molar-refractivity contribution in [1.29, 1.82) is 0 Å². The molecule has 0 aliphatic rings. The van der Waals surface area contributed by atoms with E-state index in [1.807, 2.05) is 38.1 Å². The highest BCUT2D eigenvalue weighted by Gasteiger charge is 2.19. The quantitative estimate of drug-likeness (QED) is 0.490. The molecule has 1 heterocycles. The number of aromatic nitrogens is 1. The summed E-state index contributed by atoms with van der Waals surface area (Å²) < 4.78 is 12.5. The fourth-order valence-electron chi connectivity index (χ4n) is 2.78. The fourth-order valence-corrected chi connectivity index (χ4v) is 4.07. The molecule has 0 fully saturated rings. The standard InChI is InChI=1S/C21H23ClN2O3S/c1-4-10-27-20-15(22)11-14(12-17(20)26-5-2)21(25)24(3)13-19-23-16-8-6-7-9-18(16)28-19/h6-9,11-12H,4-5,10,13H2,1-3H3. The maximum atomic E-state index is 12.9. The number of fused-ring (bicyclic) bond motifs is 1. The first-order valence-electron chi connectivity index (χ1n) is 9.22. The molecule has 3 aromatic rings. The van der Waals surface area contributed by atoms with E-state index in [0.717, 1.165) is 21.6 Å². The largest absolute Gasteiger partial charge is 0.490 e. The van der Waals surface area contributed by atoms with Crippen LogP contribution in [0.5, 0.6) is 11.5 Å². The minimum atomic E-state index is -0.149. The van der Waals surface area contributed by atoms with Gasteiger partial charge >= 0.3 is 0 Å². The van der Waals surface area contributed by atoms with Gasteiger partial charge in [0, 0.05) is 12.6 Å². The Labute approximate surface area is 173 Å². The molecule has 3 rings (SSSR count). The number of rotatable bonds is 8. The molecule has 5 nitrogen and oxygen atoms in total. The Hall–Kier alpha value is -2.31. The highest BCUT2D eigenvalue weighted by atomic mass is 35.5. The molecule has 0 radical (unpaired) electrons. The number of para-hydroxylation sites is 1. The summed E-state index contributed by atoms with van der Waals surface area (Å²) in [6, 6.07) is 11.3. The summed E-state index contributed by atoms with van der Waals surface area (Å²) in [5.41, 5.74) is 1.41. The van der Waals surface area contributed by atoms with E-state index in [9.17, 15) is 4.79 Å². The van der Waals surface area contributed by atoms with Crippen LogP contribution in [0.2, 0.25) is 5.02 Å². The highest BCUT2D eigenvalue weighted by Crippen LogP contribution is 2.37. The zero-order valence-electron chi connectivity index (χ0n) is 16.2. The third-order valence-corrected chi connectivity index (χ3v) is 5.37. The average Bonchev–Trinajstić information content (AvgIpc) is 3.09. The van der Waals surface area contributed by atoms with Gasteiger partial charge < -0.3 is 14.4 Å². The Bertz CT molecular complexity index is 940. The third-order valence-electron chi connectivity index (χ3n) is 4.06. The van der Waals surface area contributed by atoms with Gasteiger partial charge in [0.05, 0.1) is 35.0 Å². The van der Waals surface area contributed by atoms with Crippen molar-refractivity contribution in [1.82, 2.24) is 9.88 Å². The molecule has 1 aromatic heterocycles. The number of ether oxygens (including phenoxy) is 2. The number of hydrogen-bond acceptors (Lipinski definition) is 5. The van der Waals surface area contributed by atoms with E-state index in [0.29, 0.717) is 41.8 Å². The van der Waals surface area contributed by atoms with Crippen molar-refractivity contribution < 1.29 is 14.3 Å². The fraction of sp³-hybridized carbons (Fsp3) is 0.333. The Morgan fingerprint density at radius 2 is 2.00 bits per heavy atom. The van der Waals surface area contributed by atoms with Crippen LogP contribution >= 0.6 is 22.9 Å². The lowest BCUT2D eigenvalue weighted by atomic mass is 10.1. The lowest BCUT2D eigenvalue weighted by Gasteiger charge is -2.18. The minimum absolute atomic E-state index is 0.149. The van der Waals surface area contributed by atoms with E-state index in [4.69, 9.17) is 21.1 Å². The van der Waals surface area contributed by atoms with E-state index < -0.39 is 0 Å². The first-order chi connectivity index (χ1) is 13.5. The summed E-state index contributed by atoms with van der Waals surface area (Å²) in [7, 11) is 1.75. The van der Waals surface area contributed by atoms with Gasteiger partial charge in [0.1, 0.15) is 5.01 Å². The summed E-state index contributed by atoms with van der Waals surface area (Å²) in [5, 5.41) is 1.26. The minimum Gasteiger partial charge on any atom is -0.490 e. The van der Waals surface area contributed by atoms with Gasteiger partial charge in [0.2, 0.25) is 0 Å². The van der Waals surface area contributed by atoms with Gasteiger partial charge in [-0.25, -0.2) is 4.98 Å². The number of hydrogen-bond donors (Lipinski definition) is 0. The molecule has 0 atom stereocenters. The Kier molecular flexibility index (Phi) is 6.75. The van der Waals surface area contributed by atoms with Gasteiger partial charge in [-0.15, -0.1) is 11.3 Å². The molecule has 0 unspecified atom stereocenters. The smallest absolute Gasteiger partial charge is 0.254 e. The normalized spacial score (nSPS) is 10.9. The van der Waals surface area contributed by atoms with Crippen molar-refractivity contribution >= 4 is 39.1 Å². The molecule has 0 spiro atoms. The van der Waals surface area contributed by atoms with Crippen LogP contribution in [0.25, 0.3) is 10.2 Å². The lowest BCUT2D eigenvalue weighted by molar-refractivity contribution is 0.0784. The molecule has 1 amide bonds. The van der Waals surface area contributed by atoms with Gasteiger partial charge in [-0.05, 0) is 37.6 Å². The predicted molar refractivity (Wildman–Crippen MR) is 114 cm³/mol. The first kappa shape index (κ1) is 20.4. The van der Waals surface area contributed by atoms with Gasteiger partial charge in [-0.3, -0.25) is 4.79 Å². The van der Waals surface area contributed by atoms with Crippen LogP contribution in [0.15, 0.2) is 36.4 Å². The molecule has 0 aliphatic carbocycles. The zero-order chi connectivity index (χ0) is 20.1. The van der Waals surface area contributed by atoms with Crippen molar-refractivity contribution in [3.05, 3.63) is 52.0 Å². The van der Waals surface area contributed by atoms with Crippen LogP contribution in [0.4, 0.5) is 0 Å². The number of carbonyl (C=O) groups excluding carboxylic acids is 1. The monoisotopic (exact) mass is 418 g/mol. The van der Waals surface area contributed by atoms with E-state index in [1.165, 1.54) is 0 Å². The van der Waals surface area contributed by atoms with Gasteiger partial charge in [0.15, 0.2) is 11.5 Å². The second kappa shape index (κ2) is 9.26. The second-order valence-corrected chi connectivity index (χ2v) is 7.83. The third kappa shape index (κ3) is 4.56. The molecule has 0 saturated heterocycles. The summed E-state index contributed by atoms with van der Waals surface area (Å²) in [5.74, 6) is 0.820. The van der Waals surface area contributed by atoms with E-state index in [2.05, 4.69) is 4.98 Å². The molecule has 0 N–H and O–H groups in total. The van der Waals surface area contributed by atoms with E-state index >= 15 is 0 Å². The summed E-state index contributed by atoms with van der Waals surface area (Å²) in [4.78, 5) is 19.2. The molecule has 2 aromatic carbocycles. The Morgan fingerprint density at radius 3 is 2.71 bits per heavy atom. The van der Waals surface area contributed by atoms with Crippen molar-refractivity contribution in [3.8, 4) is 11.5 Å². The van der Waals surface area contributed by atoms with Crippen molar-refractivity contribution in [3.63, 3.8) is 0 Å².